The maximum absolute atomic E-state index is 11.9. The lowest BCUT2D eigenvalue weighted by Crippen LogP contribution is -2.30. The highest BCUT2D eigenvalue weighted by molar-refractivity contribution is 7.89. The van der Waals surface area contributed by atoms with Crippen LogP contribution in [0, 0.1) is 6.92 Å². The van der Waals surface area contributed by atoms with Crippen molar-refractivity contribution in [2.75, 3.05) is 13.1 Å². The van der Waals surface area contributed by atoms with E-state index in [1.54, 1.807) is 31.2 Å². The molecule has 0 heterocycles. The minimum Gasteiger partial charge on any atom is -0.356 e. The first kappa shape index (κ1) is 14.7. The molecule has 0 aliphatic carbocycles. The van der Waals surface area contributed by atoms with Gasteiger partial charge in [-0.25, -0.2) is 13.1 Å². The van der Waals surface area contributed by atoms with E-state index in [1.807, 2.05) is 6.92 Å². The molecule has 5 nitrogen and oxygen atoms in total. The number of nitrogens with one attached hydrogen (secondary N) is 2. The number of benzene rings is 1. The molecule has 2 N–H and O–H groups in total. The maximum Gasteiger partial charge on any atom is 0.240 e. The minimum atomic E-state index is -3.53. The molecule has 18 heavy (non-hydrogen) atoms. The van der Waals surface area contributed by atoms with Crippen LogP contribution in [-0.2, 0) is 14.8 Å². The summed E-state index contributed by atoms with van der Waals surface area (Å²) >= 11 is 0. The Balaban J connectivity index is 2.61. The molecule has 1 aromatic rings. The molecule has 0 atom stereocenters. The summed E-state index contributed by atoms with van der Waals surface area (Å²) in [5.74, 6) is -0.162. The highest BCUT2D eigenvalue weighted by Crippen LogP contribution is 2.13. The van der Waals surface area contributed by atoms with Crippen molar-refractivity contribution in [3.8, 4) is 0 Å². The number of carbonyl (C=O) groups is 1. The Labute approximate surface area is 108 Å². The van der Waals surface area contributed by atoms with Crippen molar-refractivity contribution >= 4 is 15.9 Å². The van der Waals surface area contributed by atoms with E-state index in [9.17, 15) is 13.2 Å². The third kappa shape index (κ3) is 4.12. The molecule has 6 heteroatoms. The highest BCUT2D eigenvalue weighted by atomic mass is 32.2. The van der Waals surface area contributed by atoms with Gasteiger partial charge in [-0.3, -0.25) is 4.79 Å². The van der Waals surface area contributed by atoms with Gasteiger partial charge >= 0.3 is 0 Å². The van der Waals surface area contributed by atoms with Gasteiger partial charge < -0.3 is 5.32 Å². The van der Waals surface area contributed by atoms with Gasteiger partial charge in [-0.2, -0.15) is 0 Å². The summed E-state index contributed by atoms with van der Waals surface area (Å²) < 4.78 is 26.3. The Morgan fingerprint density at radius 1 is 1.28 bits per heavy atom. The van der Waals surface area contributed by atoms with E-state index in [0.717, 1.165) is 0 Å². The summed E-state index contributed by atoms with van der Waals surface area (Å²) in [6, 6.07) is 6.73. The van der Waals surface area contributed by atoms with Crippen LogP contribution in [0.3, 0.4) is 0 Å². The molecule has 1 aromatic carbocycles. The van der Waals surface area contributed by atoms with E-state index in [4.69, 9.17) is 0 Å². The second-order valence-corrected chi connectivity index (χ2v) is 5.60. The van der Waals surface area contributed by atoms with Crippen LogP contribution in [-0.4, -0.2) is 27.4 Å². The molecular weight excluding hydrogens is 252 g/mol. The van der Waals surface area contributed by atoms with Crippen LogP contribution in [0.15, 0.2) is 29.2 Å². The fourth-order valence-corrected chi connectivity index (χ4v) is 2.80. The monoisotopic (exact) mass is 270 g/mol. The van der Waals surface area contributed by atoms with Crippen molar-refractivity contribution < 1.29 is 13.2 Å². The summed E-state index contributed by atoms with van der Waals surface area (Å²) in [4.78, 5) is 11.4. The van der Waals surface area contributed by atoms with Crippen LogP contribution in [0.1, 0.15) is 18.9 Å². The van der Waals surface area contributed by atoms with Crippen molar-refractivity contribution in [3.05, 3.63) is 29.8 Å². The lowest BCUT2D eigenvalue weighted by molar-refractivity contribution is -0.120. The van der Waals surface area contributed by atoms with Gasteiger partial charge in [0, 0.05) is 19.5 Å². The van der Waals surface area contributed by atoms with Crippen LogP contribution in [0.2, 0.25) is 0 Å². The third-order valence-corrected chi connectivity index (χ3v) is 4.02. The molecule has 0 saturated carbocycles. The second-order valence-electron chi connectivity index (χ2n) is 3.87. The first-order valence-electron chi connectivity index (χ1n) is 5.79. The van der Waals surface area contributed by atoms with Crippen molar-refractivity contribution in [2.45, 2.75) is 25.2 Å². The zero-order valence-electron chi connectivity index (χ0n) is 10.6. The van der Waals surface area contributed by atoms with E-state index in [2.05, 4.69) is 10.0 Å². The first-order valence-corrected chi connectivity index (χ1v) is 7.27. The minimum absolute atomic E-state index is 0.0997. The predicted octanol–water partition coefficient (Wildman–Crippen LogP) is 0.800. The van der Waals surface area contributed by atoms with Crippen LogP contribution < -0.4 is 10.0 Å². The molecule has 100 valence electrons. The summed E-state index contributed by atoms with van der Waals surface area (Å²) in [6.07, 6.45) is 0.138. The van der Waals surface area contributed by atoms with Crippen LogP contribution in [0.4, 0.5) is 0 Å². The number of carbonyl (C=O) groups excluding carboxylic acids is 1. The molecule has 0 aliphatic rings. The normalized spacial score (nSPS) is 11.2. The van der Waals surface area contributed by atoms with Crippen molar-refractivity contribution in [1.29, 1.82) is 0 Å². The fourth-order valence-electron chi connectivity index (χ4n) is 1.52. The molecule has 0 spiro atoms. The molecule has 0 saturated heterocycles. The molecule has 1 amide bonds. The highest BCUT2D eigenvalue weighted by Gasteiger charge is 2.15. The van der Waals surface area contributed by atoms with E-state index in [-0.39, 0.29) is 23.8 Å². The number of rotatable bonds is 6. The zero-order valence-corrected chi connectivity index (χ0v) is 11.4. The van der Waals surface area contributed by atoms with E-state index < -0.39 is 10.0 Å². The van der Waals surface area contributed by atoms with E-state index in [0.29, 0.717) is 12.1 Å². The maximum atomic E-state index is 11.9. The summed E-state index contributed by atoms with van der Waals surface area (Å²) in [7, 11) is -3.53. The van der Waals surface area contributed by atoms with E-state index >= 15 is 0 Å². The van der Waals surface area contributed by atoms with Gasteiger partial charge in [0.25, 0.3) is 0 Å². The Bertz CT molecular complexity index is 512. The van der Waals surface area contributed by atoms with Gasteiger partial charge in [-0.1, -0.05) is 18.2 Å². The predicted molar refractivity (Wildman–Crippen MR) is 69.7 cm³/mol. The van der Waals surface area contributed by atoms with Crippen LogP contribution in [0.25, 0.3) is 0 Å². The Hall–Kier alpha value is -1.40. The zero-order chi connectivity index (χ0) is 13.6. The number of sulfonamides is 1. The fraction of sp³-hybridized carbons (Fsp3) is 0.417. The average Bonchev–Trinajstić information content (AvgIpc) is 2.29. The molecular formula is C12H18N2O3S. The number of hydrogen-bond donors (Lipinski definition) is 2. The van der Waals surface area contributed by atoms with Gasteiger partial charge in [-0.15, -0.1) is 0 Å². The van der Waals surface area contributed by atoms with Gasteiger partial charge in [0.05, 0.1) is 4.90 Å². The Kier molecular flexibility index (Phi) is 5.30. The van der Waals surface area contributed by atoms with Crippen LogP contribution >= 0.6 is 0 Å². The Morgan fingerprint density at radius 3 is 2.56 bits per heavy atom. The molecule has 0 aliphatic heterocycles. The third-order valence-electron chi connectivity index (χ3n) is 2.40. The van der Waals surface area contributed by atoms with Crippen LogP contribution in [0.5, 0.6) is 0 Å². The molecule has 0 unspecified atom stereocenters. The Morgan fingerprint density at radius 2 is 1.94 bits per heavy atom. The van der Waals surface area contributed by atoms with E-state index in [1.165, 1.54) is 0 Å². The van der Waals surface area contributed by atoms with Gasteiger partial charge in [0.2, 0.25) is 15.9 Å². The quantitative estimate of drug-likeness (QED) is 0.803. The number of hydrogen-bond acceptors (Lipinski definition) is 3. The van der Waals surface area contributed by atoms with Gasteiger partial charge in [0.1, 0.15) is 0 Å². The lowest BCUT2D eigenvalue weighted by Gasteiger charge is -2.08. The largest absolute Gasteiger partial charge is 0.356 e. The smallest absolute Gasteiger partial charge is 0.240 e. The SMILES string of the molecule is CCNC(=O)CCNS(=O)(=O)c1ccccc1C. The molecule has 0 radical (unpaired) electrons. The topological polar surface area (TPSA) is 75.3 Å². The average molecular weight is 270 g/mol. The second kappa shape index (κ2) is 6.51. The lowest BCUT2D eigenvalue weighted by atomic mass is 10.2. The summed E-state index contributed by atoms with van der Waals surface area (Å²) in [5, 5.41) is 2.61. The molecule has 0 fully saturated rings. The van der Waals surface area contributed by atoms with Crippen molar-refractivity contribution in [1.82, 2.24) is 10.0 Å². The molecule has 1 rings (SSSR count). The van der Waals surface area contributed by atoms with Crippen molar-refractivity contribution in [3.63, 3.8) is 0 Å². The molecule has 0 aromatic heterocycles. The molecule has 0 bridgehead atoms. The summed E-state index contributed by atoms with van der Waals surface area (Å²) in [6.45, 7) is 4.19. The standard InChI is InChI=1S/C12H18N2O3S/c1-3-13-12(15)8-9-14-18(16,17)11-7-5-4-6-10(11)2/h4-7,14H,3,8-9H2,1-2H3,(H,13,15). The number of aryl methyl sites for hydroxylation is 1. The van der Waals surface area contributed by atoms with Gasteiger partial charge in [0.15, 0.2) is 0 Å². The van der Waals surface area contributed by atoms with Gasteiger partial charge in [-0.05, 0) is 25.5 Å². The summed E-state index contributed by atoms with van der Waals surface area (Å²) in [5.41, 5.74) is 0.683. The first-order chi connectivity index (χ1) is 8.47. The van der Waals surface area contributed by atoms with Crippen molar-refractivity contribution in [2.24, 2.45) is 0 Å². The number of amides is 1.